The Morgan fingerprint density at radius 1 is 1.09 bits per heavy atom. The van der Waals surface area contributed by atoms with Crippen LogP contribution in [0.15, 0.2) is 40.8 Å². The standard InChI is InChI=1S/C18H21NO3S/c1-14-2-4-15(5-3-14)12-23-13-16-6-7-17(22-16)18(20)19-8-10-21-11-9-19/h2-7H,8-13H2,1H3. The second-order valence-electron chi connectivity index (χ2n) is 5.65. The molecule has 3 rings (SSSR count). The molecule has 1 fully saturated rings. The lowest BCUT2D eigenvalue weighted by molar-refractivity contribution is 0.0282. The first-order valence-corrected chi connectivity index (χ1v) is 8.97. The van der Waals surface area contributed by atoms with Crippen molar-refractivity contribution < 1.29 is 13.9 Å². The van der Waals surface area contributed by atoms with Gasteiger partial charge in [0.15, 0.2) is 5.76 Å². The van der Waals surface area contributed by atoms with E-state index in [1.54, 1.807) is 22.7 Å². The Morgan fingerprint density at radius 2 is 1.83 bits per heavy atom. The van der Waals surface area contributed by atoms with E-state index in [2.05, 4.69) is 31.2 Å². The zero-order valence-electron chi connectivity index (χ0n) is 13.3. The summed E-state index contributed by atoms with van der Waals surface area (Å²) in [5, 5.41) is 0. The predicted octanol–water partition coefficient (Wildman–Crippen LogP) is 3.49. The van der Waals surface area contributed by atoms with Crippen LogP contribution in [-0.4, -0.2) is 37.1 Å². The molecular weight excluding hydrogens is 310 g/mol. The summed E-state index contributed by atoms with van der Waals surface area (Å²) in [7, 11) is 0. The highest BCUT2D eigenvalue weighted by atomic mass is 32.2. The number of carbonyl (C=O) groups excluding carboxylic acids is 1. The minimum Gasteiger partial charge on any atom is -0.455 e. The summed E-state index contributed by atoms with van der Waals surface area (Å²) < 4.78 is 11.0. The average molecular weight is 331 g/mol. The van der Waals surface area contributed by atoms with Crippen LogP contribution in [0.5, 0.6) is 0 Å². The van der Waals surface area contributed by atoms with Gasteiger partial charge in [-0.3, -0.25) is 4.79 Å². The monoisotopic (exact) mass is 331 g/mol. The molecule has 1 aromatic heterocycles. The third-order valence-electron chi connectivity index (χ3n) is 3.80. The summed E-state index contributed by atoms with van der Waals surface area (Å²) in [6.07, 6.45) is 0. The Bertz CT molecular complexity index is 645. The maximum atomic E-state index is 12.3. The van der Waals surface area contributed by atoms with E-state index in [0.29, 0.717) is 32.1 Å². The van der Waals surface area contributed by atoms with Gasteiger partial charge in [0, 0.05) is 18.8 Å². The second-order valence-corrected chi connectivity index (χ2v) is 6.63. The first-order valence-electron chi connectivity index (χ1n) is 7.81. The van der Waals surface area contributed by atoms with E-state index in [9.17, 15) is 4.79 Å². The summed E-state index contributed by atoms with van der Waals surface area (Å²) in [6.45, 7) is 4.57. The number of ether oxygens (including phenoxy) is 1. The maximum absolute atomic E-state index is 12.3. The number of amides is 1. The maximum Gasteiger partial charge on any atom is 0.289 e. The van der Waals surface area contributed by atoms with Gasteiger partial charge in [0.05, 0.1) is 19.0 Å². The molecule has 0 aliphatic carbocycles. The van der Waals surface area contributed by atoms with Crippen molar-refractivity contribution in [3.05, 3.63) is 59.0 Å². The fourth-order valence-corrected chi connectivity index (χ4v) is 3.33. The van der Waals surface area contributed by atoms with Gasteiger partial charge in [-0.1, -0.05) is 29.8 Å². The molecule has 1 aromatic carbocycles. The highest BCUT2D eigenvalue weighted by molar-refractivity contribution is 7.97. The smallest absolute Gasteiger partial charge is 0.289 e. The van der Waals surface area contributed by atoms with Gasteiger partial charge in [0.25, 0.3) is 5.91 Å². The van der Waals surface area contributed by atoms with Gasteiger partial charge in [-0.05, 0) is 24.6 Å². The van der Waals surface area contributed by atoms with Gasteiger partial charge in [-0.15, -0.1) is 11.8 Å². The van der Waals surface area contributed by atoms with Crippen LogP contribution in [0.4, 0.5) is 0 Å². The van der Waals surface area contributed by atoms with Crippen molar-refractivity contribution in [1.82, 2.24) is 4.90 Å². The molecule has 0 bridgehead atoms. The number of hydrogen-bond acceptors (Lipinski definition) is 4. The van der Waals surface area contributed by atoms with Crippen molar-refractivity contribution >= 4 is 17.7 Å². The molecule has 2 aromatic rings. The lowest BCUT2D eigenvalue weighted by Gasteiger charge is -2.25. The van der Waals surface area contributed by atoms with E-state index in [1.807, 2.05) is 6.07 Å². The van der Waals surface area contributed by atoms with Crippen LogP contribution in [0, 0.1) is 6.92 Å². The second kappa shape index (κ2) is 7.70. The molecule has 5 heteroatoms. The Morgan fingerprint density at radius 3 is 2.57 bits per heavy atom. The van der Waals surface area contributed by atoms with Crippen LogP contribution in [-0.2, 0) is 16.2 Å². The minimum atomic E-state index is -0.0388. The number of morpholine rings is 1. The fraction of sp³-hybridized carbons (Fsp3) is 0.389. The SMILES string of the molecule is Cc1ccc(CSCc2ccc(C(=O)N3CCOCC3)o2)cc1. The predicted molar refractivity (Wildman–Crippen MR) is 91.6 cm³/mol. The molecule has 23 heavy (non-hydrogen) atoms. The fourth-order valence-electron chi connectivity index (χ4n) is 2.45. The normalized spacial score (nSPS) is 14.9. The molecular formula is C18H21NO3S. The van der Waals surface area contributed by atoms with Gasteiger partial charge in [-0.2, -0.15) is 0 Å². The molecule has 0 radical (unpaired) electrons. The molecule has 0 atom stereocenters. The summed E-state index contributed by atoms with van der Waals surface area (Å²) in [6, 6.07) is 12.2. The number of thioether (sulfide) groups is 1. The molecule has 0 saturated carbocycles. The number of benzene rings is 1. The molecule has 1 amide bonds. The number of aryl methyl sites for hydroxylation is 1. The molecule has 2 heterocycles. The van der Waals surface area contributed by atoms with Gasteiger partial charge >= 0.3 is 0 Å². The minimum absolute atomic E-state index is 0.0388. The molecule has 4 nitrogen and oxygen atoms in total. The molecule has 0 unspecified atom stereocenters. The number of carbonyl (C=O) groups is 1. The van der Waals surface area contributed by atoms with E-state index < -0.39 is 0 Å². The lowest BCUT2D eigenvalue weighted by atomic mass is 10.2. The highest BCUT2D eigenvalue weighted by Gasteiger charge is 2.21. The van der Waals surface area contributed by atoms with Crippen LogP contribution >= 0.6 is 11.8 Å². The van der Waals surface area contributed by atoms with E-state index in [1.165, 1.54) is 11.1 Å². The van der Waals surface area contributed by atoms with E-state index in [0.717, 1.165) is 17.3 Å². The van der Waals surface area contributed by atoms with Crippen molar-refractivity contribution in [2.45, 2.75) is 18.4 Å². The zero-order chi connectivity index (χ0) is 16.1. The zero-order valence-corrected chi connectivity index (χ0v) is 14.1. The van der Waals surface area contributed by atoms with Gasteiger partial charge in [-0.25, -0.2) is 0 Å². The molecule has 1 aliphatic rings. The van der Waals surface area contributed by atoms with Crippen molar-refractivity contribution in [1.29, 1.82) is 0 Å². The van der Waals surface area contributed by atoms with Crippen LogP contribution in [0.1, 0.15) is 27.4 Å². The lowest BCUT2D eigenvalue weighted by Crippen LogP contribution is -2.40. The summed E-state index contributed by atoms with van der Waals surface area (Å²) >= 11 is 1.79. The average Bonchev–Trinajstić information content (AvgIpc) is 3.06. The van der Waals surface area contributed by atoms with Crippen molar-refractivity contribution in [3.8, 4) is 0 Å². The summed E-state index contributed by atoms with van der Waals surface area (Å²) in [5.74, 6) is 2.94. The summed E-state index contributed by atoms with van der Waals surface area (Å²) in [4.78, 5) is 14.1. The van der Waals surface area contributed by atoms with Gasteiger partial charge in [0.1, 0.15) is 5.76 Å². The van der Waals surface area contributed by atoms with Crippen LogP contribution in [0.2, 0.25) is 0 Å². The quantitative estimate of drug-likeness (QED) is 0.841. The largest absolute Gasteiger partial charge is 0.455 e. The van der Waals surface area contributed by atoms with Crippen molar-refractivity contribution in [2.75, 3.05) is 26.3 Å². The topological polar surface area (TPSA) is 42.7 Å². The van der Waals surface area contributed by atoms with Crippen LogP contribution < -0.4 is 0 Å². The Balaban J connectivity index is 1.50. The van der Waals surface area contributed by atoms with E-state index in [4.69, 9.17) is 9.15 Å². The molecule has 0 N–H and O–H groups in total. The third kappa shape index (κ3) is 4.39. The first kappa shape index (κ1) is 16.1. The van der Waals surface area contributed by atoms with Gasteiger partial charge < -0.3 is 14.1 Å². The Hall–Kier alpha value is -1.72. The Kier molecular flexibility index (Phi) is 5.41. The van der Waals surface area contributed by atoms with Crippen molar-refractivity contribution in [3.63, 3.8) is 0 Å². The van der Waals surface area contributed by atoms with Gasteiger partial charge in [0.2, 0.25) is 0 Å². The van der Waals surface area contributed by atoms with Crippen molar-refractivity contribution in [2.24, 2.45) is 0 Å². The molecule has 122 valence electrons. The number of furan rings is 1. The van der Waals surface area contributed by atoms with E-state index >= 15 is 0 Å². The number of rotatable bonds is 5. The van der Waals surface area contributed by atoms with Crippen LogP contribution in [0.3, 0.4) is 0 Å². The first-order chi connectivity index (χ1) is 11.2. The number of hydrogen-bond donors (Lipinski definition) is 0. The number of nitrogens with zero attached hydrogens (tertiary/aromatic N) is 1. The summed E-state index contributed by atoms with van der Waals surface area (Å²) in [5.41, 5.74) is 2.58. The highest BCUT2D eigenvalue weighted by Crippen LogP contribution is 2.20. The molecule has 1 saturated heterocycles. The molecule has 1 aliphatic heterocycles. The van der Waals surface area contributed by atoms with Crippen LogP contribution in [0.25, 0.3) is 0 Å². The molecule has 0 spiro atoms. The Labute approximate surface area is 140 Å². The van der Waals surface area contributed by atoms with E-state index in [-0.39, 0.29) is 5.91 Å². The third-order valence-corrected chi connectivity index (χ3v) is 4.83.